The van der Waals surface area contributed by atoms with Gasteiger partial charge in [-0.05, 0) is 42.8 Å². The number of hydrogen-bond donors (Lipinski definition) is 3. The van der Waals surface area contributed by atoms with Crippen molar-refractivity contribution >= 4 is 23.7 Å². The molecular weight excluding hydrogens is 393 g/mol. The zero-order valence-electron chi connectivity index (χ0n) is 16.2. The van der Waals surface area contributed by atoms with Crippen molar-refractivity contribution in [3.63, 3.8) is 0 Å². The largest absolute Gasteiger partial charge is 0.497 e. The van der Waals surface area contributed by atoms with E-state index in [2.05, 4.69) is 16.1 Å². The molecule has 2 aromatic carbocycles. The molecule has 30 heavy (non-hydrogen) atoms. The Morgan fingerprint density at radius 3 is 2.73 bits per heavy atom. The van der Waals surface area contributed by atoms with Crippen molar-refractivity contribution in [2.45, 2.75) is 18.9 Å². The number of rotatable bonds is 4. The summed E-state index contributed by atoms with van der Waals surface area (Å²) in [5.74, 6) is -0.707. The molecule has 10 heteroatoms. The van der Waals surface area contributed by atoms with Crippen molar-refractivity contribution in [1.29, 1.82) is 5.26 Å². The van der Waals surface area contributed by atoms with Crippen LogP contribution < -0.4 is 20.8 Å². The fraction of sp³-hybridized carbons (Fsp3) is 0.200. The Hall–Kier alpha value is -4.13. The molecule has 9 nitrogen and oxygen atoms in total. The summed E-state index contributed by atoms with van der Waals surface area (Å²) >= 11 is 0. The second kappa shape index (κ2) is 8.08. The van der Waals surface area contributed by atoms with Gasteiger partial charge in [0.15, 0.2) is 0 Å². The Bertz CT molecular complexity index is 1050. The van der Waals surface area contributed by atoms with Crippen LogP contribution in [0.15, 0.2) is 42.5 Å². The Labute approximate surface area is 171 Å². The third-order valence-corrected chi connectivity index (χ3v) is 4.61. The molecule has 1 heterocycles. The Balaban J connectivity index is 1.72. The molecule has 1 saturated heterocycles. The highest BCUT2D eigenvalue weighted by molar-refractivity contribution is 6.01. The molecule has 1 aliphatic rings. The highest BCUT2D eigenvalue weighted by Crippen LogP contribution is 2.30. The Morgan fingerprint density at radius 1 is 1.30 bits per heavy atom. The van der Waals surface area contributed by atoms with Crippen LogP contribution in [0.25, 0.3) is 0 Å². The second-order valence-electron chi connectivity index (χ2n) is 6.77. The van der Waals surface area contributed by atoms with Gasteiger partial charge in [0.05, 0.1) is 30.3 Å². The van der Waals surface area contributed by atoms with Crippen molar-refractivity contribution in [3.05, 3.63) is 59.4 Å². The van der Waals surface area contributed by atoms with Crippen LogP contribution in [-0.2, 0) is 10.3 Å². The van der Waals surface area contributed by atoms with Crippen LogP contribution in [0.5, 0.6) is 5.75 Å². The first-order valence-electron chi connectivity index (χ1n) is 8.82. The van der Waals surface area contributed by atoms with E-state index in [0.29, 0.717) is 16.3 Å². The van der Waals surface area contributed by atoms with E-state index >= 15 is 0 Å². The number of nitrogens with one attached hydrogen (secondary N) is 3. The van der Waals surface area contributed by atoms with Gasteiger partial charge < -0.3 is 15.4 Å². The number of benzene rings is 2. The zero-order chi connectivity index (χ0) is 21.9. The van der Waals surface area contributed by atoms with E-state index in [9.17, 15) is 18.8 Å². The van der Waals surface area contributed by atoms with Crippen molar-refractivity contribution in [1.82, 2.24) is 15.8 Å². The number of amides is 5. The summed E-state index contributed by atoms with van der Waals surface area (Å²) in [6, 6.07) is 10.1. The molecule has 3 N–H and O–H groups in total. The van der Waals surface area contributed by atoms with Crippen LogP contribution >= 0.6 is 0 Å². The van der Waals surface area contributed by atoms with Gasteiger partial charge in [-0.25, -0.2) is 19.4 Å². The first-order chi connectivity index (χ1) is 14.3. The first-order valence-corrected chi connectivity index (χ1v) is 8.82. The Morgan fingerprint density at radius 2 is 2.07 bits per heavy atom. The third-order valence-electron chi connectivity index (χ3n) is 4.61. The van der Waals surface area contributed by atoms with Crippen molar-refractivity contribution in [2.24, 2.45) is 0 Å². The number of ether oxygens (including phenoxy) is 1. The number of urea groups is 2. The van der Waals surface area contributed by atoms with E-state index in [1.165, 1.54) is 13.2 Å². The van der Waals surface area contributed by atoms with Gasteiger partial charge in [-0.3, -0.25) is 4.79 Å². The van der Waals surface area contributed by atoms with E-state index in [-0.39, 0.29) is 17.7 Å². The number of carbonyl (C=O) groups is 3. The molecule has 0 aliphatic carbocycles. The van der Waals surface area contributed by atoms with Gasteiger partial charge in [-0.15, -0.1) is 0 Å². The smallest absolute Gasteiger partial charge is 0.344 e. The van der Waals surface area contributed by atoms with E-state index in [4.69, 9.17) is 10.00 Å². The van der Waals surface area contributed by atoms with E-state index in [1.54, 1.807) is 37.3 Å². The number of hydrazine groups is 1. The number of halogens is 1. The van der Waals surface area contributed by atoms with Crippen LogP contribution in [0.3, 0.4) is 0 Å². The number of imide groups is 1. The number of nitrogens with zero attached hydrogens (tertiary/aromatic N) is 2. The molecular formula is C20H18FN5O4. The predicted molar refractivity (Wildman–Crippen MR) is 104 cm³/mol. The monoisotopic (exact) mass is 411 g/mol. The quantitative estimate of drug-likeness (QED) is 0.714. The average Bonchev–Trinajstić information content (AvgIpc) is 2.72. The summed E-state index contributed by atoms with van der Waals surface area (Å²) in [5, 5.41) is 14.6. The third kappa shape index (κ3) is 4.15. The number of hydrogen-bond acceptors (Lipinski definition) is 5. The van der Waals surface area contributed by atoms with E-state index < -0.39 is 29.3 Å². The highest BCUT2D eigenvalue weighted by atomic mass is 19.1. The number of carbonyl (C=O) groups excluding carboxylic acids is 3. The summed E-state index contributed by atoms with van der Waals surface area (Å²) < 4.78 is 18.4. The molecule has 0 aromatic heterocycles. The lowest BCUT2D eigenvalue weighted by Crippen LogP contribution is -2.64. The molecule has 1 aliphatic heterocycles. The molecule has 3 rings (SSSR count). The van der Waals surface area contributed by atoms with E-state index in [0.717, 1.165) is 12.1 Å². The summed E-state index contributed by atoms with van der Waals surface area (Å²) in [6.45, 7) is 1.69. The van der Waals surface area contributed by atoms with Crippen LogP contribution in [0.2, 0.25) is 0 Å². The van der Waals surface area contributed by atoms with Gasteiger partial charge in [0.25, 0.3) is 5.91 Å². The van der Waals surface area contributed by atoms with Gasteiger partial charge in [0, 0.05) is 0 Å². The molecule has 2 aromatic rings. The Kier molecular flexibility index (Phi) is 5.55. The minimum atomic E-state index is -0.998. The SMILES string of the molecule is COc1cccc(C2(C)CC(=O)N(NC(=O)Nc3ccc(F)cc3C#N)C(=O)N2)c1. The fourth-order valence-electron chi connectivity index (χ4n) is 3.05. The van der Waals surface area contributed by atoms with Crippen molar-refractivity contribution in [3.8, 4) is 11.8 Å². The first kappa shape index (κ1) is 20.6. The molecule has 0 bridgehead atoms. The van der Waals surface area contributed by atoms with Gasteiger partial charge in [-0.1, -0.05) is 12.1 Å². The fourth-order valence-corrected chi connectivity index (χ4v) is 3.05. The van der Waals surface area contributed by atoms with Gasteiger partial charge in [0.2, 0.25) is 0 Å². The standard InChI is InChI=1S/C20H18FN5O4/c1-20(13-4-3-5-15(9-13)30-2)10-17(27)26(19(29)24-20)25-18(28)23-16-7-6-14(21)8-12(16)11-22/h3-9H,10H2,1-2H3,(H,24,29)(H2,23,25,28). The second-order valence-corrected chi connectivity index (χ2v) is 6.77. The summed E-state index contributed by atoms with van der Waals surface area (Å²) in [5.41, 5.74) is 1.73. The van der Waals surface area contributed by atoms with Gasteiger partial charge in [-0.2, -0.15) is 10.3 Å². The molecule has 1 atom stereocenters. The number of nitriles is 1. The summed E-state index contributed by atoms with van der Waals surface area (Å²) in [7, 11) is 1.51. The predicted octanol–water partition coefficient (Wildman–Crippen LogP) is 2.60. The van der Waals surface area contributed by atoms with Crippen molar-refractivity contribution < 1.29 is 23.5 Å². The van der Waals surface area contributed by atoms with Crippen molar-refractivity contribution in [2.75, 3.05) is 12.4 Å². The molecule has 0 saturated carbocycles. The molecule has 1 fully saturated rings. The van der Waals surface area contributed by atoms with Crippen LogP contribution in [0.1, 0.15) is 24.5 Å². The van der Waals surface area contributed by atoms with Gasteiger partial charge >= 0.3 is 12.1 Å². The van der Waals surface area contributed by atoms with Crippen LogP contribution in [-0.4, -0.2) is 30.1 Å². The molecule has 154 valence electrons. The van der Waals surface area contributed by atoms with E-state index in [1.807, 2.05) is 0 Å². The minimum Gasteiger partial charge on any atom is -0.497 e. The summed E-state index contributed by atoms with van der Waals surface area (Å²) in [4.78, 5) is 37.3. The molecule has 5 amide bonds. The normalized spacial score (nSPS) is 18.3. The average molecular weight is 411 g/mol. The lowest BCUT2D eigenvalue weighted by Gasteiger charge is -2.38. The zero-order valence-corrected chi connectivity index (χ0v) is 16.2. The summed E-state index contributed by atoms with van der Waals surface area (Å²) in [6.07, 6.45) is -0.119. The maximum Gasteiger partial charge on any atom is 0.344 e. The maximum atomic E-state index is 13.2. The maximum absolute atomic E-state index is 13.2. The lowest BCUT2D eigenvalue weighted by molar-refractivity contribution is -0.133. The molecule has 0 spiro atoms. The van der Waals surface area contributed by atoms with Crippen LogP contribution in [0, 0.1) is 17.1 Å². The van der Waals surface area contributed by atoms with Gasteiger partial charge in [0.1, 0.15) is 17.6 Å². The van der Waals surface area contributed by atoms with Crippen LogP contribution in [0.4, 0.5) is 19.7 Å². The number of methoxy groups -OCH3 is 1. The minimum absolute atomic E-state index is 0.0301. The number of anilines is 1. The topological polar surface area (TPSA) is 124 Å². The lowest BCUT2D eigenvalue weighted by atomic mass is 9.87. The molecule has 1 unspecified atom stereocenters. The highest BCUT2D eigenvalue weighted by Gasteiger charge is 2.42. The molecule has 0 radical (unpaired) electrons.